The highest BCUT2D eigenvalue weighted by Gasteiger charge is 2.15. The molecule has 6 N–H and O–H groups in total. The molecule has 160 valence electrons. The number of fused-ring (bicyclic) bond motifs is 2. The predicted molar refractivity (Wildman–Crippen MR) is 126 cm³/mol. The summed E-state index contributed by atoms with van der Waals surface area (Å²) in [6, 6.07) is 16.3. The van der Waals surface area contributed by atoms with E-state index in [1.54, 1.807) is 24.5 Å². The number of aromatic amines is 1. The average molecular weight is 428 g/mol. The van der Waals surface area contributed by atoms with Crippen molar-refractivity contribution in [2.45, 2.75) is 13.3 Å². The lowest BCUT2D eigenvalue weighted by Crippen LogP contribution is -2.28. The van der Waals surface area contributed by atoms with Crippen LogP contribution < -0.4 is 16.4 Å². The second-order valence-corrected chi connectivity index (χ2v) is 7.60. The first-order valence-corrected chi connectivity index (χ1v) is 10.1. The first kappa shape index (κ1) is 19.8. The van der Waals surface area contributed by atoms with Gasteiger partial charge in [-0.1, -0.05) is 36.4 Å². The van der Waals surface area contributed by atoms with E-state index in [2.05, 4.69) is 25.8 Å². The quantitative estimate of drug-likeness (QED) is 0.262. The van der Waals surface area contributed by atoms with Gasteiger partial charge in [0.05, 0.1) is 22.8 Å². The van der Waals surface area contributed by atoms with Gasteiger partial charge in [-0.15, -0.1) is 0 Å². The Bertz CT molecular complexity index is 1450. The van der Waals surface area contributed by atoms with Gasteiger partial charge in [-0.05, 0) is 41.6 Å². The van der Waals surface area contributed by atoms with Crippen LogP contribution in [0.2, 0.25) is 0 Å². The summed E-state index contributed by atoms with van der Waals surface area (Å²) in [6.07, 6.45) is 2.25. The SMILES string of the molecule is Cc1ccc(F)c(NC(O)Nc2ccc(-c3cncc4[nH]nc(N)c34)c3ccccc23)c1. The highest BCUT2D eigenvalue weighted by molar-refractivity contribution is 6.10. The molecule has 5 aromatic rings. The highest BCUT2D eigenvalue weighted by Crippen LogP contribution is 2.37. The zero-order chi connectivity index (χ0) is 22.2. The van der Waals surface area contributed by atoms with Crippen LogP contribution in [0.1, 0.15) is 5.56 Å². The van der Waals surface area contributed by atoms with Gasteiger partial charge < -0.3 is 21.5 Å². The fourth-order valence-electron chi connectivity index (χ4n) is 3.94. The Balaban J connectivity index is 1.54. The van der Waals surface area contributed by atoms with Gasteiger partial charge in [0.25, 0.3) is 0 Å². The molecule has 0 fully saturated rings. The lowest BCUT2D eigenvalue weighted by molar-refractivity contribution is 0.232. The standard InChI is InChI=1S/C24H21FN6O/c1-13-6-8-18(25)20(10-13)29-24(32)28-19-9-7-15(14-4-2-3-5-16(14)19)17-11-27-12-21-22(17)23(26)31-30-21/h2-12,24,28-29,32H,1H3,(H3,26,30,31). The molecule has 2 heterocycles. The Morgan fingerprint density at radius 1 is 0.969 bits per heavy atom. The number of rotatable bonds is 5. The fraction of sp³-hybridized carbons (Fsp3) is 0.0833. The van der Waals surface area contributed by atoms with Gasteiger partial charge in [-0.3, -0.25) is 10.1 Å². The number of nitrogens with one attached hydrogen (secondary N) is 3. The molecule has 0 aliphatic rings. The van der Waals surface area contributed by atoms with Crippen LogP contribution in [0.4, 0.5) is 21.6 Å². The summed E-state index contributed by atoms with van der Waals surface area (Å²) in [5.74, 6) is -0.0292. The Morgan fingerprint density at radius 2 is 1.75 bits per heavy atom. The van der Waals surface area contributed by atoms with Gasteiger partial charge >= 0.3 is 0 Å². The van der Waals surface area contributed by atoms with Gasteiger partial charge in [0, 0.05) is 22.8 Å². The molecule has 0 saturated carbocycles. The molecule has 1 unspecified atom stereocenters. The molecular formula is C24H21FN6O. The van der Waals surface area contributed by atoms with Crippen LogP contribution in [0.5, 0.6) is 0 Å². The number of hydrogen-bond donors (Lipinski definition) is 5. The van der Waals surface area contributed by atoms with Crippen LogP contribution in [-0.2, 0) is 0 Å². The van der Waals surface area contributed by atoms with Crippen molar-refractivity contribution in [1.82, 2.24) is 15.2 Å². The van der Waals surface area contributed by atoms with Crippen molar-refractivity contribution in [3.63, 3.8) is 0 Å². The Morgan fingerprint density at radius 3 is 2.59 bits per heavy atom. The van der Waals surface area contributed by atoms with Crippen LogP contribution in [-0.4, -0.2) is 26.6 Å². The van der Waals surface area contributed by atoms with Gasteiger partial charge in [0.15, 0.2) is 5.82 Å². The number of benzene rings is 3. The third-order valence-electron chi connectivity index (χ3n) is 5.42. The number of nitrogen functional groups attached to an aromatic ring is 1. The molecule has 0 bridgehead atoms. The number of nitrogens with two attached hydrogens (primary N) is 1. The van der Waals surface area contributed by atoms with Crippen LogP contribution in [0.15, 0.2) is 67.0 Å². The number of halogens is 1. The fourth-order valence-corrected chi connectivity index (χ4v) is 3.94. The zero-order valence-electron chi connectivity index (χ0n) is 17.2. The molecule has 5 rings (SSSR count). The molecule has 0 aliphatic heterocycles. The van der Waals surface area contributed by atoms with Gasteiger partial charge in [0.1, 0.15) is 5.82 Å². The number of hydrogen-bond acceptors (Lipinski definition) is 6. The zero-order valence-corrected chi connectivity index (χ0v) is 17.2. The van der Waals surface area contributed by atoms with Crippen molar-refractivity contribution in [3.05, 3.63) is 78.4 Å². The van der Waals surface area contributed by atoms with E-state index in [0.717, 1.165) is 38.4 Å². The molecule has 0 radical (unpaired) electrons. The first-order chi connectivity index (χ1) is 15.5. The summed E-state index contributed by atoms with van der Waals surface area (Å²) < 4.78 is 14.1. The monoisotopic (exact) mass is 428 g/mol. The van der Waals surface area contributed by atoms with E-state index in [4.69, 9.17) is 5.73 Å². The van der Waals surface area contributed by atoms with Gasteiger partial charge in [0.2, 0.25) is 6.35 Å². The Kier molecular flexibility index (Phi) is 4.84. The number of anilines is 3. The number of H-pyrrole nitrogens is 1. The van der Waals surface area contributed by atoms with E-state index in [9.17, 15) is 9.50 Å². The van der Waals surface area contributed by atoms with Crippen molar-refractivity contribution in [3.8, 4) is 11.1 Å². The maximum absolute atomic E-state index is 14.1. The largest absolute Gasteiger partial charge is 0.382 e. The topological polar surface area (TPSA) is 112 Å². The van der Waals surface area contributed by atoms with Crippen molar-refractivity contribution >= 4 is 38.9 Å². The van der Waals surface area contributed by atoms with Crippen molar-refractivity contribution in [1.29, 1.82) is 0 Å². The molecule has 2 aromatic heterocycles. The second kappa shape index (κ2) is 7.82. The summed E-state index contributed by atoms with van der Waals surface area (Å²) >= 11 is 0. The van der Waals surface area contributed by atoms with E-state index in [1.165, 1.54) is 6.07 Å². The number of aliphatic hydroxyl groups excluding tert-OH is 1. The van der Waals surface area contributed by atoms with E-state index in [1.807, 2.05) is 43.3 Å². The maximum Gasteiger partial charge on any atom is 0.202 e. The van der Waals surface area contributed by atoms with E-state index < -0.39 is 12.2 Å². The van der Waals surface area contributed by atoms with Crippen LogP contribution in [0.3, 0.4) is 0 Å². The smallest absolute Gasteiger partial charge is 0.202 e. The number of nitrogens with zero attached hydrogens (tertiary/aromatic N) is 2. The Hall–Kier alpha value is -4.17. The summed E-state index contributed by atoms with van der Waals surface area (Å²) in [6.45, 7) is 1.86. The number of aromatic nitrogens is 3. The summed E-state index contributed by atoms with van der Waals surface area (Å²) in [7, 11) is 0. The molecule has 0 aliphatic carbocycles. The lowest BCUT2D eigenvalue weighted by atomic mass is 9.96. The summed E-state index contributed by atoms with van der Waals surface area (Å²) in [4.78, 5) is 4.31. The van der Waals surface area contributed by atoms with Crippen LogP contribution in [0, 0.1) is 12.7 Å². The first-order valence-electron chi connectivity index (χ1n) is 10.1. The lowest BCUT2D eigenvalue weighted by Gasteiger charge is -2.20. The summed E-state index contributed by atoms with van der Waals surface area (Å²) in [5, 5.41) is 26.0. The average Bonchev–Trinajstić information content (AvgIpc) is 3.18. The maximum atomic E-state index is 14.1. The molecule has 0 amide bonds. The molecular weight excluding hydrogens is 407 g/mol. The van der Waals surface area contributed by atoms with Gasteiger partial charge in [-0.25, -0.2) is 4.39 Å². The number of aryl methyl sites for hydroxylation is 1. The predicted octanol–water partition coefficient (Wildman–Crippen LogP) is 4.61. The minimum atomic E-state index is -1.20. The molecule has 0 spiro atoms. The number of aliphatic hydroxyl groups is 1. The summed E-state index contributed by atoms with van der Waals surface area (Å²) in [5.41, 5.74) is 10.4. The van der Waals surface area contributed by atoms with E-state index in [0.29, 0.717) is 11.5 Å². The van der Waals surface area contributed by atoms with Crippen molar-refractivity contribution < 1.29 is 9.50 Å². The molecule has 1 atom stereocenters. The third-order valence-corrected chi connectivity index (χ3v) is 5.42. The third kappa shape index (κ3) is 3.46. The van der Waals surface area contributed by atoms with E-state index in [-0.39, 0.29) is 5.69 Å². The normalized spacial score (nSPS) is 12.2. The molecule has 3 aromatic carbocycles. The molecule has 7 nitrogen and oxygen atoms in total. The number of pyridine rings is 1. The Labute approximate surface area is 183 Å². The molecule has 8 heteroatoms. The second-order valence-electron chi connectivity index (χ2n) is 7.60. The molecule has 0 saturated heterocycles. The minimum absolute atomic E-state index is 0.221. The van der Waals surface area contributed by atoms with E-state index >= 15 is 0 Å². The minimum Gasteiger partial charge on any atom is -0.382 e. The molecule has 32 heavy (non-hydrogen) atoms. The van der Waals surface area contributed by atoms with Crippen molar-refractivity contribution in [2.75, 3.05) is 16.4 Å². The van der Waals surface area contributed by atoms with Gasteiger partial charge in [-0.2, -0.15) is 5.10 Å². The van der Waals surface area contributed by atoms with Crippen LogP contribution >= 0.6 is 0 Å². The van der Waals surface area contributed by atoms with Crippen molar-refractivity contribution in [2.24, 2.45) is 0 Å². The highest BCUT2D eigenvalue weighted by atomic mass is 19.1. The van der Waals surface area contributed by atoms with Crippen LogP contribution in [0.25, 0.3) is 32.8 Å².